The first-order chi connectivity index (χ1) is 22.8. The van der Waals surface area contributed by atoms with Gasteiger partial charge >= 0.3 is 0 Å². The van der Waals surface area contributed by atoms with Gasteiger partial charge in [0.2, 0.25) is 0 Å². The summed E-state index contributed by atoms with van der Waals surface area (Å²) in [4.78, 5) is 4.52. The lowest BCUT2D eigenvalue weighted by atomic mass is 10.1. The van der Waals surface area contributed by atoms with Crippen molar-refractivity contribution in [3.8, 4) is 11.5 Å². The van der Waals surface area contributed by atoms with Gasteiger partial charge < -0.3 is 19.9 Å². The van der Waals surface area contributed by atoms with Gasteiger partial charge in [0.1, 0.15) is 11.5 Å². The van der Waals surface area contributed by atoms with E-state index in [-0.39, 0.29) is 0 Å². The highest BCUT2D eigenvalue weighted by molar-refractivity contribution is 5.84. The van der Waals surface area contributed by atoms with E-state index in [2.05, 4.69) is 130 Å². The molecule has 0 unspecified atom stereocenters. The smallest absolute Gasteiger partial charge is 0.131 e. The minimum atomic E-state index is 0.720. The molecule has 46 heavy (non-hydrogen) atoms. The van der Waals surface area contributed by atoms with Gasteiger partial charge in [-0.3, -0.25) is 0 Å². The molecule has 0 radical (unpaired) electrons. The summed E-state index contributed by atoms with van der Waals surface area (Å²) in [6.45, 7) is 0. The van der Waals surface area contributed by atoms with Crippen LogP contribution >= 0.6 is 0 Å². The summed E-state index contributed by atoms with van der Waals surface area (Å²) in [7, 11) is 0. The highest BCUT2D eigenvalue weighted by Gasteiger charge is 2.19. The van der Waals surface area contributed by atoms with Gasteiger partial charge in [0.05, 0.1) is 11.4 Å². The zero-order chi connectivity index (χ0) is 31.0. The van der Waals surface area contributed by atoms with Gasteiger partial charge in [0, 0.05) is 52.3 Å². The third kappa shape index (κ3) is 6.62. The lowest BCUT2D eigenvalue weighted by Crippen LogP contribution is -2.13. The molecule has 0 saturated carbocycles. The summed E-state index contributed by atoms with van der Waals surface area (Å²) in [5, 5.41) is 3.48. The number of rotatable bonds is 10. The van der Waals surface area contributed by atoms with Crippen molar-refractivity contribution >= 4 is 45.5 Å². The standard InChI is InChI=1S/C42H33N3O/c1-6-17-33(18-7-1)43-34-19-16-28-41(29-34)46-42-31-39(44(35-20-8-2-9-21-35)36-22-10-3-11-23-36)30-40(32-42)45(37-24-12-4-13-25-37)38-26-14-5-15-27-38/h1-32,43H. The maximum absolute atomic E-state index is 6.69. The van der Waals surface area contributed by atoms with E-state index in [1.165, 1.54) is 0 Å². The van der Waals surface area contributed by atoms with Gasteiger partial charge in [0.25, 0.3) is 0 Å². The minimum absolute atomic E-state index is 0.720. The number of hydrogen-bond acceptors (Lipinski definition) is 4. The van der Waals surface area contributed by atoms with Crippen molar-refractivity contribution in [2.24, 2.45) is 0 Å². The van der Waals surface area contributed by atoms with Crippen LogP contribution in [-0.2, 0) is 0 Å². The molecule has 0 amide bonds. The summed E-state index contributed by atoms with van der Waals surface area (Å²) in [6, 6.07) is 66.4. The fraction of sp³-hybridized carbons (Fsp3) is 0. The number of nitrogens with zero attached hydrogens (tertiary/aromatic N) is 2. The van der Waals surface area contributed by atoms with Gasteiger partial charge in [-0.2, -0.15) is 0 Å². The molecule has 7 aromatic carbocycles. The molecule has 0 bridgehead atoms. The van der Waals surface area contributed by atoms with E-state index in [0.29, 0.717) is 0 Å². The van der Waals surface area contributed by atoms with Crippen molar-refractivity contribution < 1.29 is 4.74 Å². The zero-order valence-electron chi connectivity index (χ0n) is 25.3. The Labute approximate surface area is 270 Å². The molecule has 7 aromatic rings. The highest BCUT2D eigenvalue weighted by Crippen LogP contribution is 2.43. The molecule has 4 heteroatoms. The Bertz CT molecular complexity index is 1800. The highest BCUT2D eigenvalue weighted by atomic mass is 16.5. The molecular formula is C42H33N3O. The van der Waals surface area contributed by atoms with Crippen LogP contribution in [0.15, 0.2) is 194 Å². The fourth-order valence-electron chi connectivity index (χ4n) is 5.55. The Balaban J connectivity index is 1.37. The number of para-hydroxylation sites is 5. The summed E-state index contributed by atoms with van der Waals surface area (Å²) >= 11 is 0. The number of nitrogens with one attached hydrogen (secondary N) is 1. The van der Waals surface area contributed by atoms with Crippen LogP contribution in [0.5, 0.6) is 11.5 Å². The van der Waals surface area contributed by atoms with Crippen molar-refractivity contribution in [1.82, 2.24) is 0 Å². The van der Waals surface area contributed by atoms with Crippen LogP contribution in [-0.4, -0.2) is 0 Å². The second kappa shape index (κ2) is 13.6. The first-order valence-corrected chi connectivity index (χ1v) is 15.4. The van der Waals surface area contributed by atoms with Gasteiger partial charge in [-0.1, -0.05) is 97.1 Å². The molecule has 0 heterocycles. The minimum Gasteiger partial charge on any atom is -0.457 e. The fourth-order valence-corrected chi connectivity index (χ4v) is 5.55. The van der Waals surface area contributed by atoms with Crippen LogP contribution < -0.4 is 19.9 Å². The van der Waals surface area contributed by atoms with Crippen LogP contribution in [0.25, 0.3) is 0 Å². The van der Waals surface area contributed by atoms with E-state index in [1.54, 1.807) is 0 Å². The monoisotopic (exact) mass is 595 g/mol. The number of anilines is 8. The second-order valence-electron chi connectivity index (χ2n) is 10.8. The van der Waals surface area contributed by atoms with Gasteiger partial charge in [-0.25, -0.2) is 0 Å². The maximum Gasteiger partial charge on any atom is 0.131 e. The molecule has 0 saturated heterocycles. The number of benzene rings is 7. The molecule has 222 valence electrons. The summed E-state index contributed by atoms with van der Waals surface area (Å²) in [5.74, 6) is 1.46. The van der Waals surface area contributed by atoms with E-state index >= 15 is 0 Å². The molecule has 0 aromatic heterocycles. The summed E-state index contributed by atoms with van der Waals surface area (Å²) < 4.78 is 6.69. The topological polar surface area (TPSA) is 27.7 Å². The molecule has 1 N–H and O–H groups in total. The summed E-state index contributed by atoms with van der Waals surface area (Å²) in [5.41, 5.74) is 8.13. The lowest BCUT2D eigenvalue weighted by Gasteiger charge is -2.30. The van der Waals surface area contributed by atoms with Crippen molar-refractivity contribution in [2.45, 2.75) is 0 Å². The van der Waals surface area contributed by atoms with Crippen LogP contribution in [0, 0.1) is 0 Å². The predicted octanol–water partition coefficient (Wildman–Crippen LogP) is 12.2. The van der Waals surface area contributed by atoms with Crippen LogP contribution in [0.4, 0.5) is 45.5 Å². The zero-order valence-corrected chi connectivity index (χ0v) is 25.3. The van der Waals surface area contributed by atoms with Gasteiger partial charge in [-0.15, -0.1) is 0 Å². The first kappa shape index (κ1) is 28.5. The molecule has 0 aliphatic rings. The molecule has 0 aliphatic carbocycles. The van der Waals surface area contributed by atoms with Crippen molar-refractivity contribution in [3.05, 3.63) is 194 Å². The Kier molecular flexibility index (Phi) is 8.42. The SMILES string of the molecule is c1ccc(Nc2cccc(Oc3cc(N(c4ccccc4)c4ccccc4)cc(N(c4ccccc4)c4ccccc4)c3)c2)cc1. The van der Waals surface area contributed by atoms with E-state index < -0.39 is 0 Å². The average Bonchev–Trinajstić information content (AvgIpc) is 3.11. The number of ether oxygens (including phenoxy) is 1. The van der Waals surface area contributed by atoms with E-state index in [4.69, 9.17) is 4.74 Å². The Morgan fingerprint density at radius 3 is 1.13 bits per heavy atom. The van der Waals surface area contributed by atoms with Crippen molar-refractivity contribution in [3.63, 3.8) is 0 Å². The van der Waals surface area contributed by atoms with E-state index in [0.717, 1.165) is 57.0 Å². The van der Waals surface area contributed by atoms with Crippen LogP contribution in [0.2, 0.25) is 0 Å². The maximum atomic E-state index is 6.69. The Hall–Kier alpha value is -6.26. The summed E-state index contributed by atoms with van der Waals surface area (Å²) in [6.07, 6.45) is 0. The first-order valence-electron chi connectivity index (χ1n) is 15.4. The molecule has 7 rings (SSSR count). The molecular weight excluding hydrogens is 562 g/mol. The van der Waals surface area contributed by atoms with E-state index in [1.807, 2.05) is 78.9 Å². The van der Waals surface area contributed by atoms with Crippen molar-refractivity contribution in [1.29, 1.82) is 0 Å². The number of hydrogen-bond donors (Lipinski definition) is 1. The average molecular weight is 596 g/mol. The Morgan fingerprint density at radius 1 is 0.304 bits per heavy atom. The molecule has 4 nitrogen and oxygen atoms in total. The lowest BCUT2D eigenvalue weighted by molar-refractivity contribution is 0.483. The second-order valence-corrected chi connectivity index (χ2v) is 10.8. The predicted molar refractivity (Wildman–Crippen MR) is 192 cm³/mol. The normalized spacial score (nSPS) is 10.6. The Morgan fingerprint density at radius 2 is 0.696 bits per heavy atom. The largest absolute Gasteiger partial charge is 0.457 e. The molecule has 0 aliphatic heterocycles. The molecule has 0 spiro atoms. The molecule has 0 fully saturated rings. The molecule has 0 atom stereocenters. The van der Waals surface area contributed by atoms with E-state index in [9.17, 15) is 0 Å². The third-order valence-corrected chi connectivity index (χ3v) is 7.58. The van der Waals surface area contributed by atoms with Gasteiger partial charge in [-0.05, 0) is 78.9 Å². The third-order valence-electron chi connectivity index (χ3n) is 7.58. The van der Waals surface area contributed by atoms with Crippen LogP contribution in [0.1, 0.15) is 0 Å². The van der Waals surface area contributed by atoms with Crippen LogP contribution in [0.3, 0.4) is 0 Å². The quantitative estimate of drug-likeness (QED) is 0.170. The van der Waals surface area contributed by atoms with Gasteiger partial charge in [0.15, 0.2) is 0 Å². The van der Waals surface area contributed by atoms with Crippen molar-refractivity contribution in [2.75, 3.05) is 15.1 Å².